The van der Waals surface area contributed by atoms with Crippen LogP contribution in [0, 0.1) is 0 Å². The van der Waals surface area contributed by atoms with Crippen molar-refractivity contribution in [2.75, 3.05) is 26.7 Å². The lowest BCUT2D eigenvalue weighted by atomic mass is 10.1. The zero-order chi connectivity index (χ0) is 21.1. The van der Waals surface area contributed by atoms with Crippen molar-refractivity contribution in [1.82, 2.24) is 9.62 Å². The van der Waals surface area contributed by atoms with Crippen molar-refractivity contribution in [3.05, 3.63) is 66.7 Å². The molecule has 0 fully saturated rings. The highest BCUT2D eigenvalue weighted by Gasteiger charge is 2.24. The van der Waals surface area contributed by atoms with Crippen molar-refractivity contribution in [2.24, 2.45) is 0 Å². The SMILES string of the molecule is CN(C[C@@H]1COc2ccccc2O1)C(=O)CNS(=O)(=O)c1ccc2ccccc2c1. The van der Waals surface area contributed by atoms with E-state index >= 15 is 0 Å². The molecule has 7 nitrogen and oxygen atoms in total. The van der Waals surface area contributed by atoms with Gasteiger partial charge in [0, 0.05) is 7.05 Å². The van der Waals surface area contributed by atoms with Crippen LogP contribution in [0.3, 0.4) is 0 Å². The molecule has 1 amide bonds. The van der Waals surface area contributed by atoms with E-state index in [9.17, 15) is 13.2 Å². The molecule has 0 unspecified atom stereocenters. The number of rotatable bonds is 6. The van der Waals surface area contributed by atoms with Gasteiger partial charge in [0.25, 0.3) is 0 Å². The van der Waals surface area contributed by atoms with E-state index in [1.54, 1.807) is 25.2 Å². The maximum atomic E-state index is 12.6. The summed E-state index contributed by atoms with van der Waals surface area (Å²) in [6.45, 7) is 0.262. The molecule has 4 rings (SSSR count). The Morgan fingerprint density at radius 2 is 1.73 bits per heavy atom. The first kappa shape index (κ1) is 20.2. The Kier molecular flexibility index (Phi) is 5.61. The number of hydrogen-bond acceptors (Lipinski definition) is 5. The van der Waals surface area contributed by atoms with Gasteiger partial charge in [-0.1, -0.05) is 42.5 Å². The number of hydrogen-bond donors (Lipinski definition) is 1. The minimum absolute atomic E-state index is 0.122. The second-order valence-corrected chi connectivity index (χ2v) is 8.87. The van der Waals surface area contributed by atoms with Crippen LogP contribution in [0.2, 0.25) is 0 Å². The molecule has 156 valence electrons. The van der Waals surface area contributed by atoms with Crippen LogP contribution < -0.4 is 14.2 Å². The van der Waals surface area contributed by atoms with E-state index in [1.807, 2.05) is 42.5 Å². The molecular formula is C22H22N2O5S. The van der Waals surface area contributed by atoms with Crippen LogP contribution in [0.25, 0.3) is 10.8 Å². The lowest BCUT2D eigenvalue weighted by Crippen LogP contribution is -2.45. The smallest absolute Gasteiger partial charge is 0.241 e. The number of amides is 1. The molecule has 3 aromatic carbocycles. The molecule has 8 heteroatoms. The number of sulfonamides is 1. The van der Waals surface area contributed by atoms with Crippen molar-refractivity contribution in [3.63, 3.8) is 0 Å². The third kappa shape index (κ3) is 4.39. The molecule has 0 saturated carbocycles. The van der Waals surface area contributed by atoms with E-state index in [0.29, 0.717) is 18.1 Å². The summed E-state index contributed by atoms with van der Waals surface area (Å²) in [7, 11) is -2.20. The number of ether oxygens (including phenoxy) is 2. The highest BCUT2D eigenvalue weighted by molar-refractivity contribution is 7.89. The molecule has 0 aromatic heterocycles. The zero-order valence-electron chi connectivity index (χ0n) is 16.4. The normalized spacial score (nSPS) is 15.7. The molecule has 1 aliphatic heterocycles. The third-order valence-electron chi connectivity index (χ3n) is 4.92. The number of para-hydroxylation sites is 2. The predicted octanol–water partition coefficient (Wildman–Crippen LogP) is 2.42. The molecule has 0 radical (unpaired) electrons. The van der Waals surface area contributed by atoms with E-state index in [4.69, 9.17) is 9.47 Å². The van der Waals surface area contributed by atoms with Gasteiger partial charge in [0.15, 0.2) is 17.6 Å². The molecule has 0 saturated heterocycles. The molecule has 0 bridgehead atoms. The summed E-state index contributed by atoms with van der Waals surface area (Å²) in [5.41, 5.74) is 0. The number of fused-ring (bicyclic) bond motifs is 2. The Morgan fingerprint density at radius 1 is 1.03 bits per heavy atom. The average Bonchev–Trinajstić information content (AvgIpc) is 2.77. The molecule has 1 aliphatic rings. The number of likely N-dealkylation sites (N-methyl/N-ethyl adjacent to an activating group) is 1. The lowest BCUT2D eigenvalue weighted by Gasteiger charge is -2.29. The van der Waals surface area contributed by atoms with Gasteiger partial charge in [0.1, 0.15) is 6.61 Å². The third-order valence-corrected chi connectivity index (χ3v) is 6.31. The van der Waals surface area contributed by atoms with Gasteiger partial charge in [0.05, 0.1) is 18.0 Å². The van der Waals surface area contributed by atoms with E-state index < -0.39 is 10.0 Å². The van der Waals surface area contributed by atoms with Gasteiger partial charge in [0.2, 0.25) is 15.9 Å². The zero-order valence-corrected chi connectivity index (χ0v) is 17.3. The highest BCUT2D eigenvalue weighted by Crippen LogP contribution is 2.30. The van der Waals surface area contributed by atoms with Gasteiger partial charge in [-0.2, -0.15) is 0 Å². The quantitative estimate of drug-likeness (QED) is 0.654. The molecule has 0 spiro atoms. The van der Waals surface area contributed by atoms with Crippen molar-refractivity contribution in [2.45, 2.75) is 11.0 Å². The van der Waals surface area contributed by atoms with Gasteiger partial charge in [-0.05, 0) is 35.0 Å². The van der Waals surface area contributed by atoms with E-state index in [2.05, 4.69) is 4.72 Å². The van der Waals surface area contributed by atoms with Gasteiger partial charge in [-0.25, -0.2) is 13.1 Å². The van der Waals surface area contributed by atoms with Crippen LogP contribution in [0.1, 0.15) is 0 Å². The fourth-order valence-corrected chi connectivity index (χ4v) is 4.28. The van der Waals surface area contributed by atoms with Crippen molar-refractivity contribution in [3.8, 4) is 11.5 Å². The molecule has 3 aromatic rings. The number of carbonyl (C=O) groups is 1. The Morgan fingerprint density at radius 3 is 2.53 bits per heavy atom. The summed E-state index contributed by atoms with van der Waals surface area (Å²) >= 11 is 0. The van der Waals surface area contributed by atoms with E-state index in [0.717, 1.165) is 10.8 Å². The molecule has 1 atom stereocenters. The maximum absolute atomic E-state index is 12.6. The Hall–Kier alpha value is -3.10. The van der Waals surface area contributed by atoms with Crippen LogP contribution >= 0.6 is 0 Å². The van der Waals surface area contributed by atoms with Gasteiger partial charge in [-0.15, -0.1) is 0 Å². The van der Waals surface area contributed by atoms with Crippen molar-refractivity contribution in [1.29, 1.82) is 0 Å². The number of nitrogens with one attached hydrogen (secondary N) is 1. The van der Waals surface area contributed by atoms with E-state index in [-0.39, 0.29) is 30.0 Å². The molecule has 1 N–H and O–H groups in total. The first-order valence-electron chi connectivity index (χ1n) is 9.53. The van der Waals surface area contributed by atoms with Crippen LogP contribution in [-0.4, -0.2) is 52.1 Å². The summed E-state index contributed by atoms with van der Waals surface area (Å²) in [6.07, 6.45) is -0.328. The topological polar surface area (TPSA) is 84.9 Å². The molecule has 1 heterocycles. The summed E-state index contributed by atoms with van der Waals surface area (Å²) < 4.78 is 39.1. The summed E-state index contributed by atoms with van der Waals surface area (Å²) in [5.74, 6) is 0.944. The maximum Gasteiger partial charge on any atom is 0.241 e. The van der Waals surface area contributed by atoms with Crippen LogP contribution in [0.15, 0.2) is 71.6 Å². The Labute approximate surface area is 175 Å². The standard InChI is InChI=1S/C22H22N2O5S/c1-24(14-18-15-28-20-8-4-5-9-21(20)29-18)22(25)13-23-30(26,27)19-11-10-16-6-2-3-7-17(16)12-19/h2-12,18,23H,13-15H2,1H3/t18-/m1/s1. The first-order chi connectivity index (χ1) is 14.4. The number of carbonyl (C=O) groups excluding carboxylic acids is 1. The van der Waals surface area contributed by atoms with Gasteiger partial charge in [-0.3, -0.25) is 4.79 Å². The van der Waals surface area contributed by atoms with E-state index in [1.165, 1.54) is 11.0 Å². The summed E-state index contributed by atoms with van der Waals surface area (Å²) in [6, 6.07) is 19.7. The molecule has 30 heavy (non-hydrogen) atoms. The number of nitrogens with zero attached hydrogens (tertiary/aromatic N) is 1. The average molecular weight is 426 g/mol. The lowest BCUT2D eigenvalue weighted by molar-refractivity contribution is -0.130. The van der Waals surface area contributed by atoms with Crippen molar-refractivity contribution >= 4 is 26.7 Å². The summed E-state index contributed by atoms with van der Waals surface area (Å²) in [5, 5.41) is 1.77. The minimum atomic E-state index is -3.81. The fourth-order valence-electron chi connectivity index (χ4n) is 3.27. The second kappa shape index (κ2) is 8.33. The van der Waals surface area contributed by atoms with Crippen LogP contribution in [0.5, 0.6) is 11.5 Å². The largest absolute Gasteiger partial charge is 0.486 e. The molecular weight excluding hydrogens is 404 g/mol. The Balaban J connectivity index is 1.35. The van der Waals surface area contributed by atoms with Crippen LogP contribution in [0.4, 0.5) is 0 Å². The monoisotopic (exact) mass is 426 g/mol. The van der Waals surface area contributed by atoms with Crippen LogP contribution in [-0.2, 0) is 14.8 Å². The predicted molar refractivity (Wildman–Crippen MR) is 113 cm³/mol. The number of benzene rings is 3. The minimum Gasteiger partial charge on any atom is -0.486 e. The summed E-state index contributed by atoms with van der Waals surface area (Å²) in [4.78, 5) is 14.0. The highest BCUT2D eigenvalue weighted by atomic mass is 32.2. The second-order valence-electron chi connectivity index (χ2n) is 7.11. The first-order valence-corrected chi connectivity index (χ1v) is 11.0. The van der Waals surface area contributed by atoms with Gasteiger partial charge < -0.3 is 14.4 Å². The Bertz CT molecular complexity index is 1180. The van der Waals surface area contributed by atoms with Gasteiger partial charge >= 0.3 is 0 Å². The fraction of sp³-hybridized carbons (Fsp3) is 0.227. The molecule has 0 aliphatic carbocycles. The van der Waals surface area contributed by atoms with Crippen molar-refractivity contribution < 1.29 is 22.7 Å².